The van der Waals surface area contributed by atoms with Crippen molar-refractivity contribution in [3.8, 4) is 22.3 Å². The Morgan fingerprint density at radius 2 is 1.04 bits per heavy atom. The topological polar surface area (TPSA) is 0 Å². The predicted octanol–water partition coefficient (Wildman–Crippen LogP) is -1.33. The molecule has 0 saturated carbocycles. The van der Waals surface area contributed by atoms with Gasteiger partial charge in [-0.05, 0) is 36.1 Å². The number of aryl methyl sites for hydroxylation is 2. The average Bonchev–Trinajstić information content (AvgIpc) is 2.47. The lowest BCUT2D eigenvalue weighted by Crippen LogP contribution is -2.21. The molecule has 0 fully saturated rings. The van der Waals surface area contributed by atoms with Crippen molar-refractivity contribution in [2.75, 3.05) is 0 Å². The van der Waals surface area contributed by atoms with Gasteiger partial charge in [-0.2, -0.15) is 0 Å². The summed E-state index contributed by atoms with van der Waals surface area (Å²) >= 11 is 0. The quantitative estimate of drug-likeness (QED) is 0.515. The molecular formula is C20H22B4. The van der Waals surface area contributed by atoms with Crippen molar-refractivity contribution >= 4 is 53.2 Å². The van der Waals surface area contributed by atoms with Crippen LogP contribution in [0.25, 0.3) is 22.3 Å². The molecule has 0 spiro atoms. The van der Waals surface area contributed by atoms with E-state index in [2.05, 4.69) is 93.8 Å². The highest BCUT2D eigenvalue weighted by Gasteiger charge is 2.10. The minimum atomic E-state index is 1.32. The third-order valence-electron chi connectivity index (χ3n) is 4.86. The van der Waals surface area contributed by atoms with Crippen LogP contribution < -0.4 is 21.9 Å². The van der Waals surface area contributed by atoms with Crippen molar-refractivity contribution in [3.05, 3.63) is 59.7 Å². The van der Waals surface area contributed by atoms with E-state index < -0.39 is 0 Å². The Kier molecular flexibility index (Phi) is 4.49. The fourth-order valence-corrected chi connectivity index (χ4v) is 3.87. The molecule has 3 aromatic carbocycles. The molecule has 0 heterocycles. The molecule has 0 radical (unpaired) electrons. The molecule has 0 nitrogen and oxygen atoms in total. The van der Waals surface area contributed by atoms with Crippen molar-refractivity contribution in [2.24, 2.45) is 0 Å². The summed E-state index contributed by atoms with van der Waals surface area (Å²) in [4.78, 5) is 0. The second-order valence-electron chi connectivity index (χ2n) is 7.12. The van der Waals surface area contributed by atoms with E-state index in [0.29, 0.717) is 0 Å². The van der Waals surface area contributed by atoms with Gasteiger partial charge < -0.3 is 0 Å². The highest BCUT2D eigenvalue weighted by molar-refractivity contribution is 6.44. The molecule has 114 valence electrons. The number of rotatable bonds is 2. The fraction of sp³-hybridized carbons (Fsp3) is 0.100. The van der Waals surface area contributed by atoms with E-state index in [9.17, 15) is 0 Å². The van der Waals surface area contributed by atoms with Crippen molar-refractivity contribution in [1.82, 2.24) is 0 Å². The van der Waals surface area contributed by atoms with Gasteiger partial charge in [0.25, 0.3) is 0 Å². The van der Waals surface area contributed by atoms with Gasteiger partial charge in [-0.25, -0.2) is 0 Å². The molecule has 0 atom stereocenters. The van der Waals surface area contributed by atoms with Crippen LogP contribution in [0.1, 0.15) is 11.1 Å². The van der Waals surface area contributed by atoms with Gasteiger partial charge >= 0.3 is 0 Å². The van der Waals surface area contributed by atoms with E-state index in [4.69, 9.17) is 0 Å². The molecule has 0 N–H and O–H groups in total. The summed E-state index contributed by atoms with van der Waals surface area (Å²) in [5.74, 6) is 0. The van der Waals surface area contributed by atoms with Crippen LogP contribution in [0.2, 0.25) is 0 Å². The minimum absolute atomic E-state index is 1.32. The molecular weight excluding hydrogens is 283 g/mol. The van der Waals surface area contributed by atoms with Crippen LogP contribution in [0.4, 0.5) is 0 Å². The lowest BCUT2D eigenvalue weighted by molar-refractivity contribution is 1.49. The Labute approximate surface area is 149 Å². The van der Waals surface area contributed by atoms with Gasteiger partial charge in [-0.3, -0.25) is 0 Å². The van der Waals surface area contributed by atoms with Gasteiger partial charge in [-0.1, -0.05) is 81.5 Å². The third-order valence-corrected chi connectivity index (χ3v) is 4.86. The van der Waals surface area contributed by atoms with Crippen LogP contribution in [0.15, 0.2) is 48.5 Å². The summed E-state index contributed by atoms with van der Waals surface area (Å²) in [5.41, 5.74) is 13.4. The Morgan fingerprint density at radius 3 is 1.58 bits per heavy atom. The second-order valence-corrected chi connectivity index (χ2v) is 7.12. The van der Waals surface area contributed by atoms with Gasteiger partial charge in [-0.15, -0.1) is 0 Å². The monoisotopic (exact) mass is 306 g/mol. The molecule has 0 aliphatic carbocycles. The van der Waals surface area contributed by atoms with Gasteiger partial charge in [0.05, 0.1) is 0 Å². The largest absolute Gasteiger partial charge is 0.140 e. The predicted molar refractivity (Wildman–Crippen MR) is 119 cm³/mol. The summed E-state index contributed by atoms with van der Waals surface area (Å²) in [6.07, 6.45) is 0. The van der Waals surface area contributed by atoms with Gasteiger partial charge in [0.15, 0.2) is 0 Å². The standard InChI is InChI=1S/C20H22B4/c1-11-3-5-14(16(21)7-11)15-6-4-13(10-17(15)22)20-18(23)8-12(2)9-19(20)24/h3-10H,21-24H2,1-2H3. The highest BCUT2D eigenvalue weighted by atomic mass is 14.1. The maximum absolute atomic E-state index is 2.33. The Hall–Kier alpha value is -2.08. The van der Waals surface area contributed by atoms with E-state index in [1.54, 1.807) is 0 Å². The lowest BCUT2D eigenvalue weighted by atomic mass is 9.74. The molecule has 4 heteroatoms. The molecule has 0 unspecified atom stereocenters. The van der Waals surface area contributed by atoms with Crippen LogP contribution in [0.5, 0.6) is 0 Å². The van der Waals surface area contributed by atoms with E-state index in [1.165, 1.54) is 55.2 Å². The van der Waals surface area contributed by atoms with E-state index >= 15 is 0 Å². The van der Waals surface area contributed by atoms with Crippen LogP contribution in [-0.2, 0) is 0 Å². The zero-order valence-corrected chi connectivity index (χ0v) is 15.6. The number of benzene rings is 3. The Morgan fingerprint density at radius 1 is 0.542 bits per heavy atom. The first kappa shape index (κ1) is 16.8. The zero-order chi connectivity index (χ0) is 17.4. The van der Waals surface area contributed by atoms with Crippen molar-refractivity contribution in [3.63, 3.8) is 0 Å². The molecule has 0 aliphatic heterocycles. The van der Waals surface area contributed by atoms with Crippen LogP contribution in [0, 0.1) is 13.8 Å². The van der Waals surface area contributed by atoms with E-state index in [0.717, 1.165) is 0 Å². The maximum Gasteiger partial charge on any atom is 0.140 e. The second kappa shape index (κ2) is 6.43. The first-order valence-corrected chi connectivity index (χ1v) is 8.63. The lowest BCUT2D eigenvalue weighted by Gasteiger charge is -2.16. The number of hydrogen-bond donors (Lipinski definition) is 0. The molecule has 0 saturated heterocycles. The van der Waals surface area contributed by atoms with E-state index in [-0.39, 0.29) is 0 Å². The van der Waals surface area contributed by atoms with Crippen molar-refractivity contribution in [2.45, 2.75) is 13.8 Å². The average molecular weight is 306 g/mol. The highest BCUT2D eigenvalue weighted by Crippen LogP contribution is 2.21. The van der Waals surface area contributed by atoms with Crippen LogP contribution >= 0.6 is 0 Å². The first-order chi connectivity index (χ1) is 11.4. The molecule has 3 aromatic rings. The molecule has 24 heavy (non-hydrogen) atoms. The summed E-state index contributed by atoms with van der Waals surface area (Å²) in [5, 5.41) is 0. The molecule has 3 rings (SSSR count). The fourth-order valence-electron chi connectivity index (χ4n) is 3.87. The van der Waals surface area contributed by atoms with Gasteiger partial charge in [0.2, 0.25) is 0 Å². The first-order valence-electron chi connectivity index (χ1n) is 8.63. The third kappa shape index (κ3) is 3.11. The summed E-state index contributed by atoms with van der Waals surface area (Å²) in [6, 6.07) is 18.1. The zero-order valence-electron chi connectivity index (χ0n) is 15.6. The van der Waals surface area contributed by atoms with Crippen LogP contribution in [-0.4, -0.2) is 31.4 Å². The summed E-state index contributed by atoms with van der Waals surface area (Å²) in [7, 11) is 8.84. The van der Waals surface area contributed by atoms with Crippen molar-refractivity contribution < 1.29 is 0 Å². The SMILES string of the molecule is Bc1cc(C)ccc1-c1ccc(-c2c(B)cc(C)cc2B)cc1B. The number of hydrogen-bond acceptors (Lipinski definition) is 0. The maximum atomic E-state index is 2.33. The minimum Gasteiger partial charge on any atom is -0.0816 e. The molecule has 0 bridgehead atoms. The summed E-state index contributed by atoms with van der Waals surface area (Å²) in [6.45, 7) is 4.31. The normalized spacial score (nSPS) is 10.8. The summed E-state index contributed by atoms with van der Waals surface area (Å²) < 4.78 is 0. The smallest absolute Gasteiger partial charge is 0.0816 e. The Balaban J connectivity index is 2.11. The molecule has 0 aromatic heterocycles. The van der Waals surface area contributed by atoms with Crippen molar-refractivity contribution in [1.29, 1.82) is 0 Å². The van der Waals surface area contributed by atoms with Gasteiger partial charge in [0.1, 0.15) is 31.4 Å². The van der Waals surface area contributed by atoms with Gasteiger partial charge in [0, 0.05) is 0 Å². The van der Waals surface area contributed by atoms with E-state index in [1.807, 2.05) is 0 Å². The van der Waals surface area contributed by atoms with Crippen LogP contribution in [0.3, 0.4) is 0 Å². The molecule has 0 amide bonds. The Bertz CT molecular complexity index is 906. The molecule has 0 aliphatic rings.